The molecule has 0 spiro atoms. The number of hydrogen-bond acceptors (Lipinski definition) is 2. The third-order valence-electron chi connectivity index (χ3n) is 5.56. The summed E-state index contributed by atoms with van der Waals surface area (Å²) in [6.45, 7) is 12.4. The first-order valence-electron chi connectivity index (χ1n) is 8.38. The van der Waals surface area contributed by atoms with Crippen LogP contribution in [0, 0.1) is 17.8 Å². The van der Waals surface area contributed by atoms with Gasteiger partial charge in [-0.25, -0.2) is 0 Å². The van der Waals surface area contributed by atoms with E-state index in [0.29, 0.717) is 11.8 Å². The predicted molar refractivity (Wildman–Crippen MR) is 83.7 cm³/mol. The van der Waals surface area contributed by atoms with Gasteiger partial charge in [0, 0.05) is 6.04 Å². The van der Waals surface area contributed by atoms with Crippen LogP contribution >= 0.6 is 0 Å². The fourth-order valence-electron chi connectivity index (χ4n) is 3.52. The van der Waals surface area contributed by atoms with E-state index in [9.17, 15) is 9.59 Å². The van der Waals surface area contributed by atoms with Crippen LogP contribution in [0.3, 0.4) is 0 Å². The van der Waals surface area contributed by atoms with E-state index in [1.54, 1.807) is 0 Å². The first kappa shape index (κ1) is 16.3. The molecular formula is C17H30N2O2. The van der Waals surface area contributed by atoms with E-state index in [-0.39, 0.29) is 29.8 Å². The average Bonchev–Trinajstić information content (AvgIpc) is 3.25. The predicted octanol–water partition coefficient (Wildman–Crippen LogP) is 2.57. The lowest BCUT2D eigenvalue weighted by Crippen LogP contribution is -2.73. The standard InChI is InChI=1S/C17H30N2O2/c1-7-11(4)12(5)19-14(10(2)3)15(20)18-17(6,16(19)21)13-8-9-13/h10-14H,7-9H2,1-6H3,(H,18,20). The molecule has 4 heteroatoms. The molecule has 1 aliphatic carbocycles. The molecule has 0 aromatic rings. The highest BCUT2D eigenvalue weighted by atomic mass is 16.2. The molecule has 4 atom stereocenters. The number of carbonyl (C=O) groups excluding carboxylic acids is 2. The minimum Gasteiger partial charge on any atom is -0.340 e. The summed E-state index contributed by atoms with van der Waals surface area (Å²) in [5, 5.41) is 3.05. The molecule has 2 fully saturated rings. The molecule has 1 saturated heterocycles. The Bertz CT molecular complexity index is 431. The zero-order valence-corrected chi connectivity index (χ0v) is 14.3. The molecule has 21 heavy (non-hydrogen) atoms. The van der Waals surface area contributed by atoms with Crippen LogP contribution in [-0.4, -0.2) is 34.3 Å². The largest absolute Gasteiger partial charge is 0.340 e. The quantitative estimate of drug-likeness (QED) is 0.847. The molecule has 0 radical (unpaired) electrons. The molecule has 0 aromatic heterocycles. The number of nitrogens with one attached hydrogen (secondary N) is 1. The molecule has 0 bridgehead atoms. The van der Waals surface area contributed by atoms with Crippen molar-refractivity contribution in [1.82, 2.24) is 10.2 Å². The van der Waals surface area contributed by atoms with Gasteiger partial charge in [-0.2, -0.15) is 0 Å². The monoisotopic (exact) mass is 294 g/mol. The summed E-state index contributed by atoms with van der Waals surface area (Å²) in [4.78, 5) is 27.7. The van der Waals surface area contributed by atoms with Gasteiger partial charge in [0.1, 0.15) is 11.6 Å². The van der Waals surface area contributed by atoms with Crippen LogP contribution in [-0.2, 0) is 9.59 Å². The molecule has 2 aliphatic rings. The maximum atomic E-state index is 13.2. The summed E-state index contributed by atoms with van der Waals surface area (Å²) in [5.74, 6) is 0.979. The maximum absolute atomic E-state index is 13.2. The number of amides is 2. The molecule has 0 aromatic carbocycles. The Morgan fingerprint density at radius 3 is 2.24 bits per heavy atom. The second-order valence-electron chi connectivity index (χ2n) is 7.49. The second-order valence-corrected chi connectivity index (χ2v) is 7.49. The van der Waals surface area contributed by atoms with Crippen molar-refractivity contribution in [2.24, 2.45) is 17.8 Å². The van der Waals surface area contributed by atoms with E-state index in [0.717, 1.165) is 19.3 Å². The Morgan fingerprint density at radius 1 is 1.24 bits per heavy atom. The molecule has 1 saturated carbocycles. The van der Waals surface area contributed by atoms with Crippen molar-refractivity contribution in [3.8, 4) is 0 Å². The molecule has 2 amide bonds. The van der Waals surface area contributed by atoms with Crippen molar-refractivity contribution in [1.29, 1.82) is 0 Å². The van der Waals surface area contributed by atoms with Crippen LogP contribution in [0.25, 0.3) is 0 Å². The van der Waals surface area contributed by atoms with Gasteiger partial charge in [0.25, 0.3) is 0 Å². The third kappa shape index (κ3) is 2.69. The highest BCUT2D eigenvalue weighted by molar-refractivity contribution is 6.00. The molecule has 2 rings (SSSR count). The van der Waals surface area contributed by atoms with E-state index in [1.807, 2.05) is 25.7 Å². The minimum absolute atomic E-state index is 0.0224. The van der Waals surface area contributed by atoms with E-state index >= 15 is 0 Å². The Hall–Kier alpha value is -1.06. The fraction of sp³-hybridized carbons (Fsp3) is 0.882. The van der Waals surface area contributed by atoms with Gasteiger partial charge in [-0.1, -0.05) is 34.1 Å². The van der Waals surface area contributed by atoms with Gasteiger partial charge < -0.3 is 10.2 Å². The number of rotatable bonds is 5. The van der Waals surface area contributed by atoms with Crippen LogP contribution in [0.15, 0.2) is 0 Å². The topological polar surface area (TPSA) is 49.4 Å². The first-order valence-corrected chi connectivity index (χ1v) is 8.38. The van der Waals surface area contributed by atoms with Gasteiger partial charge >= 0.3 is 0 Å². The number of piperazine rings is 1. The lowest BCUT2D eigenvalue weighted by Gasteiger charge is -2.49. The smallest absolute Gasteiger partial charge is 0.249 e. The molecule has 4 unspecified atom stereocenters. The van der Waals surface area contributed by atoms with Crippen molar-refractivity contribution >= 4 is 11.8 Å². The zero-order chi connectivity index (χ0) is 15.9. The van der Waals surface area contributed by atoms with Crippen molar-refractivity contribution in [2.45, 2.75) is 78.4 Å². The highest BCUT2D eigenvalue weighted by Crippen LogP contribution is 2.43. The van der Waals surface area contributed by atoms with Crippen molar-refractivity contribution in [3.05, 3.63) is 0 Å². The van der Waals surface area contributed by atoms with Gasteiger partial charge in [-0.05, 0) is 44.4 Å². The van der Waals surface area contributed by atoms with Gasteiger partial charge in [-0.15, -0.1) is 0 Å². The summed E-state index contributed by atoms with van der Waals surface area (Å²) in [6, 6.07) is -0.243. The summed E-state index contributed by atoms with van der Waals surface area (Å²) < 4.78 is 0. The number of nitrogens with zero attached hydrogens (tertiary/aromatic N) is 1. The summed E-state index contributed by atoms with van der Waals surface area (Å²) in [7, 11) is 0. The molecule has 1 N–H and O–H groups in total. The van der Waals surface area contributed by atoms with Crippen molar-refractivity contribution in [3.63, 3.8) is 0 Å². The van der Waals surface area contributed by atoms with Crippen molar-refractivity contribution in [2.75, 3.05) is 0 Å². The van der Waals surface area contributed by atoms with Crippen LogP contribution in [0.1, 0.15) is 60.8 Å². The van der Waals surface area contributed by atoms with Crippen LogP contribution in [0.2, 0.25) is 0 Å². The highest BCUT2D eigenvalue weighted by Gasteiger charge is 2.56. The Morgan fingerprint density at radius 2 is 1.81 bits per heavy atom. The molecular weight excluding hydrogens is 264 g/mol. The zero-order valence-electron chi connectivity index (χ0n) is 14.3. The Labute approximate surface area is 128 Å². The van der Waals surface area contributed by atoms with Crippen molar-refractivity contribution < 1.29 is 9.59 Å². The third-order valence-corrected chi connectivity index (χ3v) is 5.56. The van der Waals surface area contributed by atoms with E-state index in [1.165, 1.54) is 0 Å². The molecule has 1 heterocycles. The van der Waals surface area contributed by atoms with Crippen LogP contribution < -0.4 is 5.32 Å². The normalized spacial score (nSPS) is 33.1. The SMILES string of the molecule is CCC(C)C(C)N1C(=O)C(C)(C2CC2)NC(=O)C1C(C)C. The van der Waals surface area contributed by atoms with Gasteiger partial charge in [0.2, 0.25) is 11.8 Å². The second kappa shape index (κ2) is 5.62. The van der Waals surface area contributed by atoms with Crippen LogP contribution in [0.5, 0.6) is 0 Å². The number of hydrogen-bond donors (Lipinski definition) is 1. The summed E-state index contributed by atoms with van der Waals surface area (Å²) in [6.07, 6.45) is 3.10. The first-order chi connectivity index (χ1) is 9.74. The molecule has 4 nitrogen and oxygen atoms in total. The van der Waals surface area contributed by atoms with Gasteiger partial charge in [0.05, 0.1) is 0 Å². The average molecular weight is 294 g/mol. The van der Waals surface area contributed by atoms with Gasteiger partial charge in [0.15, 0.2) is 0 Å². The van der Waals surface area contributed by atoms with E-state index in [2.05, 4.69) is 26.1 Å². The number of carbonyl (C=O) groups is 2. The minimum atomic E-state index is -0.690. The van der Waals surface area contributed by atoms with Gasteiger partial charge in [-0.3, -0.25) is 9.59 Å². The fourth-order valence-corrected chi connectivity index (χ4v) is 3.52. The van der Waals surface area contributed by atoms with E-state index in [4.69, 9.17) is 0 Å². The molecule has 120 valence electrons. The molecule has 1 aliphatic heterocycles. The lowest BCUT2D eigenvalue weighted by atomic mass is 9.84. The van der Waals surface area contributed by atoms with E-state index < -0.39 is 5.54 Å². The Balaban J connectivity index is 2.37. The lowest BCUT2D eigenvalue weighted by molar-refractivity contribution is -0.161. The summed E-state index contributed by atoms with van der Waals surface area (Å²) >= 11 is 0. The Kier molecular flexibility index (Phi) is 4.36. The maximum Gasteiger partial charge on any atom is 0.249 e. The van der Waals surface area contributed by atoms with Crippen LogP contribution in [0.4, 0.5) is 0 Å². The summed E-state index contributed by atoms with van der Waals surface area (Å²) in [5.41, 5.74) is -0.690.